The Morgan fingerprint density at radius 2 is 1.90 bits per heavy atom. The Morgan fingerprint density at radius 1 is 1.24 bits per heavy atom. The van der Waals surface area contributed by atoms with Crippen LogP contribution in [-0.2, 0) is 25.5 Å². The third-order valence-corrected chi connectivity index (χ3v) is 4.78. The van der Waals surface area contributed by atoms with Gasteiger partial charge >= 0.3 is 11.9 Å². The molecule has 2 rings (SSSR count). The Hall–Kier alpha value is -2.49. The van der Waals surface area contributed by atoms with Crippen LogP contribution in [0, 0.1) is 0 Å². The summed E-state index contributed by atoms with van der Waals surface area (Å²) in [6, 6.07) is 7.69. The number of hydrogen-bond acceptors (Lipinski definition) is 5. The molecule has 29 heavy (non-hydrogen) atoms. The molecule has 0 unspecified atom stereocenters. The fourth-order valence-corrected chi connectivity index (χ4v) is 3.38. The highest BCUT2D eigenvalue weighted by atomic mass is 16.5. The van der Waals surface area contributed by atoms with Crippen molar-refractivity contribution in [2.45, 2.75) is 57.7 Å². The highest BCUT2D eigenvalue weighted by Crippen LogP contribution is 2.19. The van der Waals surface area contributed by atoms with E-state index in [1.165, 1.54) is 4.90 Å². The van der Waals surface area contributed by atoms with Crippen LogP contribution < -0.4 is 5.32 Å². The molecule has 1 saturated heterocycles. The lowest BCUT2D eigenvalue weighted by Crippen LogP contribution is -2.53. The van der Waals surface area contributed by atoms with Crippen molar-refractivity contribution in [3.8, 4) is 0 Å². The zero-order chi connectivity index (χ0) is 19.8. The van der Waals surface area contributed by atoms with E-state index in [0.29, 0.717) is 32.2 Å². The van der Waals surface area contributed by atoms with E-state index in [9.17, 15) is 19.5 Å². The van der Waals surface area contributed by atoms with E-state index in [1.54, 1.807) is 13.8 Å². The Labute approximate surface area is 170 Å². The average Bonchev–Trinajstić information content (AvgIpc) is 3.15. The first-order valence-electron chi connectivity index (χ1n) is 9.44. The van der Waals surface area contributed by atoms with Crippen molar-refractivity contribution in [1.29, 1.82) is 0 Å². The molecule has 9 heteroatoms. The van der Waals surface area contributed by atoms with Gasteiger partial charge in [0.1, 0.15) is 12.1 Å². The highest BCUT2D eigenvalue weighted by molar-refractivity contribution is 5.88. The Bertz CT molecular complexity index is 653. The number of ether oxygens (including phenoxy) is 1. The molecule has 0 aromatic heterocycles. The molecule has 0 aliphatic carbocycles. The van der Waals surface area contributed by atoms with E-state index in [0.717, 1.165) is 5.56 Å². The van der Waals surface area contributed by atoms with Gasteiger partial charge < -0.3 is 25.7 Å². The third kappa shape index (κ3) is 7.45. The van der Waals surface area contributed by atoms with Gasteiger partial charge in [-0.2, -0.15) is 0 Å². The van der Waals surface area contributed by atoms with Crippen molar-refractivity contribution in [1.82, 2.24) is 10.2 Å². The largest absolute Gasteiger partial charge is 0.480 e. The van der Waals surface area contributed by atoms with Gasteiger partial charge in [-0.3, -0.25) is 14.9 Å². The number of aryl methyl sites for hydroxylation is 1. The van der Waals surface area contributed by atoms with E-state index in [-0.39, 0.29) is 23.5 Å². The molecule has 1 heterocycles. The van der Waals surface area contributed by atoms with Crippen LogP contribution >= 0.6 is 0 Å². The molecule has 1 amide bonds. The maximum absolute atomic E-state index is 12.7. The Morgan fingerprint density at radius 3 is 2.48 bits per heavy atom. The number of rotatable bonds is 9. The number of nitrogens with zero attached hydrogens (tertiary/aromatic N) is 1. The molecule has 1 aromatic rings. The Balaban J connectivity index is 0.00000392. The maximum atomic E-state index is 12.7. The number of carboxylic acid groups (broad SMARTS) is 1. The molecular weight excluding hydrogens is 380 g/mol. The van der Waals surface area contributed by atoms with Crippen LogP contribution in [0.2, 0.25) is 0 Å². The van der Waals surface area contributed by atoms with Crippen molar-refractivity contribution in [3.63, 3.8) is 0 Å². The zero-order valence-corrected chi connectivity index (χ0v) is 16.9. The van der Waals surface area contributed by atoms with Crippen molar-refractivity contribution >= 4 is 17.8 Å². The summed E-state index contributed by atoms with van der Waals surface area (Å²) in [5, 5.41) is 12.3. The molecule has 3 atom stereocenters. The number of likely N-dealkylation sites (tertiary alicyclic amines) is 1. The van der Waals surface area contributed by atoms with Gasteiger partial charge in [-0.15, -0.1) is 0 Å². The van der Waals surface area contributed by atoms with Gasteiger partial charge in [0.05, 0.1) is 12.6 Å². The van der Waals surface area contributed by atoms with Crippen molar-refractivity contribution in [3.05, 3.63) is 35.9 Å². The number of carbonyl (C=O) groups is 3. The van der Waals surface area contributed by atoms with E-state index in [2.05, 4.69) is 5.32 Å². The first kappa shape index (κ1) is 26.5. The SMILES string of the molecule is CCOC(=O)[C@H](CCc1ccccc1)N[C@@H](C)C(=O)N1CCC[C@H]1C(=O)O.O.O. The standard InChI is InChI=1S/C20H28N2O5.2H2O/c1-3-27-20(26)16(12-11-15-8-5-4-6-9-15)21-14(2)18(23)22-13-7-10-17(22)19(24)25;;/h4-6,8-9,14,16-17,21H,3,7,10-13H2,1-2H3,(H,24,25);2*1H2/t14-,16-,17-;;/m0../s1. The van der Waals surface area contributed by atoms with Crippen LogP contribution in [0.1, 0.15) is 38.7 Å². The summed E-state index contributed by atoms with van der Waals surface area (Å²) in [5.41, 5.74) is 1.10. The molecule has 1 aromatic carbocycles. The molecule has 0 spiro atoms. The van der Waals surface area contributed by atoms with Crippen molar-refractivity contribution in [2.24, 2.45) is 0 Å². The highest BCUT2D eigenvalue weighted by Gasteiger charge is 2.36. The number of aliphatic carboxylic acids is 1. The fraction of sp³-hybridized carbons (Fsp3) is 0.550. The number of carboxylic acids is 1. The number of nitrogens with one attached hydrogen (secondary N) is 1. The summed E-state index contributed by atoms with van der Waals surface area (Å²) in [6.07, 6.45) is 2.29. The minimum atomic E-state index is -0.987. The summed E-state index contributed by atoms with van der Waals surface area (Å²) in [6.45, 7) is 4.09. The predicted molar refractivity (Wildman–Crippen MR) is 107 cm³/mol. The summed E-state index contributed by atoms with van der Waals surface area (Å²) < 4.78 is 5.14. The summed E-state index contributed by atoms with van der Waals surface area (Å²) in [7, 11) is 0. The quantitative estimate of drug-likeness (QED) is 0.541. The zero-order valence-electron chi connectivity index (χ0n) is 16.9. The lowest BCUT2D eigenvalue weighted by molar-refractivity contribution is -0.150. The monoisotopic (exact) mass is 412 g/mol. The molecule has 0 saturated carbocycles. The van der Waals surface area contributed by atoms with Crippen molar-refractivity contribution in [2.75, 3.05) is 13.2 Å². The van der Waals surface area contributed by atoms with E-state index in [1.807, 2.05) is 30.3 Å². The van der Waals surface area contributed by atoms with Gasteiger partial charge in [0.15, 0.2) is 0 Å². The average molecular weight is 412 g/mol. The number of benzene rings is 1. The van der Waals surface area contributed by atoms with Gasteiger partial charge in [-0.25, -0.2) is 4.79 Å². The van der Waals surface area contributed by atoms with Crippen LogP contribution in [0.3, 0.4) is 0 Å². The molecule has 0 radical (unpaired) electrons. The maximum Gasteiger partial charge on any atom is 0.326 e. The van der Waals surface area contributed by atoms with Crippen LogP contribution in [0.25, 0.3) is 0 Å². The second-order valence-electron chi connectivity index (χ2n) is 6.75. The summed E-state index contributed by atoms with van der Waals surface area (Å²) in [4.78, 5) is 37.7. The smallest absolute Gasteiger partial charge is 0.326 e. The third-order valence-electron chi connectivity index (χ3n) is 4.78. The van der Waals surface area contributed by atoms with Crippen molar-refractivity contribution < 1.29 is 35.2 Å². The lowest BCUT2D eigenvalue weighted by Gasteiger charge is -2.27. The van der Waals surface area contributed by atoms with Gasteiger partial charge in [-0.1, -0.05) is 30.3 Å². The van der Waals surface area contributed by atoms with E-state index in [4.69, 9.17) is 4.74 Å². The minimum Gasteiger partial charge on any atom is -0.480 e. The Kier molecular flexibility index (Phi) is 11.8. The topological polar surface area (TPSA) is 159 Å². The molecule has 1 fully saturated rings. The molecule has 9 nitrogen and oxygen atoms in total. The number of carbonyl (C=O) groups excluding carboxylic acids is 2. The molecule has 1 aliphatic heterocycles. The van der Waals surface area contributed by atoms with Gasteiger partial charge in [0.25, 0.3) is 0 Å². The van der Waals surface area contributed by atoms with Gasteiger partial charge in [0, 0.05) is 6.54 Å². The van der Waals surface area contributed by atoms with Crippen LogP contribution in [0.5, 0.6) is 0 Å². The molecule has 164 valence electrons. The number of esters is 1. The molecule has 0 bridgehead atoms. The van der Waals surface area contributed by atoms with E-state index >= 15 is 0 Å². The van der Waals surface area contributed by atoms with Gasteiger partial charge in [-0.05, 0) is 45.1 Å². The number of amides is 1. The fourth-order valence-electron chi connectivity index (χ4n) is 3.38. The minimum absolute atomic E-state index is 0. The lowest BCUT2D eigenvalue weighted by atomic mass is 10.0. The molecular formula is C20H32N2O7. The second kappa shape index (κ2) is 12.9. The normalized spacial score (nSPS) is 17.4. The van der Waals surface area contributed by atoms with Crippen LogP contribution in [0.4, 0.5) is 0 Å². The number of hydrogen-bond donors (Lipinski definition) is 2. The summed E-state index contributed by atoms with van der Waals surface area (Å²) in [5.74, 6) is -1.68. The first-order valence-corrected chi connectivity index (χ1v) is 9.44. The molecule has 6 N–H and O–H groups in total. The molecule has 1 aliphatic rings. The van der Waals surface area contributed by atoms with E-state index < -0.39 is 30.1 Å². The predicted octanol–water partition coefficient (Wildman–Crippen LogP) is -0.0448. The van der Waals surface area contributed by atoms with Gasteiger partial charge in [0.2, 0.25) is 5.91 Å². The van der Waals surface area contributed by atoms with Crippen LogP contribution in [0.15, 0.2) is 30.3 Å². The first-order chi connectivity index (χ1) is 12.9. The van der Waals surface area contributed by atoms with Crippen LogP contribution in [-0.4, -0.2) is 70.1 Å². The second-order valence-corrected chi connectivity index (χ2v) is 6.75. The summed E-state index contributed by atoms with van der Waals surface area (Å²) >= 11 is 0.